The normalized spacial score (nSPS) is 26.5. The summed E-state index contributed by atoms with van der Waals surface area (Å²) in [5, 5.41) is 11.6. The summed E-state index contributed by atoms with van der Waals surface area (Å²) in [4.78, 5) is 41.9. The number of aryl methyl sites for hydroxylation is 2. The lowest BCUT2D eigenvalue weighted by molar-refractivity contribution is -0.852. The summed E-state index contributed by atoms with van der Waals surface area (Å²) in [5.41, 5.74) is 16.5. The molecule has 13 nitrogen and oxygen atoms in total. The highest BCUT2D eigenvalue weighted by molar-refractivity contribution is 5.88. The Morgan fingerprint density at radius 3 is 2.70 bits per heavy atom. The average molecular weight is 732 g/mol. The quantitative estimate of drug-likeness (QED) is 0.164. The number of phenols is 1. The molecule has 0 saturated carbocycles. The van der Waals surface area contributed by atoms with E-state index in [1.807, 2.05) is 44.3 Å². The van der Waals surface area contributed by atoms with Crippen LogP contribution in [0.1, 0.15) is 74.5 Å². The first-order chi connectivity index (χ1) is 25.9. The molecule has 5 aliphatic heterocycles. The van der Waals surface area contributed by atoms with Crippen LogP contribution in [0.15, 0.2) is 74.1 Å². The largest absolute Gasteiger partial charge is 0.507 e. The van der Waals surface area contributed by atoms with Gasteiger partial charge in [-0.15, -0.1) is 0 Å². The van der Waals surface area contributed by atoms with E-state index in [0.717, 1.165) is 41.9 Å². The van der Waals surface area contributed by atoms with Crippen molar-refractivity contribution in [2.45, 2.75) is 95.2 Å². The molecular weight excluding hydrogens is 688 g/mol. The SMILES string of the molecule is Cc1cc(=O)c2c(O)c3c(cc2o1)OC(C)(C)[C@@H]1OC(=O)[C@@]2(CCCC[C@H]31)O[C@@H]2CCc1cc(N)nc(-c2cc(N)nc(C[NH+]3C=C4N=CC=C4C3)c2)c1. The Hall–Kier alpha value is -5.53. The van der Waals surface area contributed by atoms with Crippen LogP contribution >= 0.6 is 0 Å². The van der Waals surface area contributed by atoms with Crippen LogP contribution in [0.25, 0.3) is 22.2 Å². The fourth-order valence-electron chi connectivity index (χ4n) is 8.88. The van der Waals surface area contributed by atoms with E-state index in [4.69, 9.17) is 30.1 Å². The van der Waals surface area contributed by atoms with Crippen LogP contribution in [0.3, 0.4) is 0 Å². The van der Waals surface area contributed by atoms with Crippen molar-refractivity contribution in [2.75, 3.05) is 18.0 Å². The molecule has 4 aromatic rings. The molecule has 278 valence electrons. The molecule has 8 heterocycles. The van der Waals surface area contributed by atoms with Gasteiger partial charge < -0.3 is 35.2 Å². The third kappa shape index (κ3) is 5.91. The van der Waals surface area contributed by atoms with E-state index < -0.39 is 29.2 Å². The van der Waals surface area contributed by atoms with Gasteiger partial charge in [-0.05, 0) is 88.8 Å². The Labute approximate surface area is 311 Å². The minimum Gasteiger partial charge on any atom is -0.507 e. The zero-order valence-electron chi connectivity index (χ0n) is 30.5. The van der Waals surface area contributed by atoms with Crippen molar-refractivity contribution in [2.24, 2.45) is 4.99 Å². The number of esters is 1. The van der Waals surface area contributed by atoms with Gasteiger partial charge >= 0.3 is 5.97 Å². The molecule has 2 saturated heterocycles. The van der Waals surface area contributed by atoms with Gasteiger partial charge in [-0.3, -0.25) is 14.7 Å². The number of epoxide rings is 1. The van der Waals surface area contributed by atoms with Crippen molar-refractivity contribution in [1.29, 1.82) is 0 Å². The number of ether oxygens (including phenoxy) is 3. The zero-order valence-corrected chi connectivity index (χ0v) is 30.5. The Balaban J connectivity index is 0.921. The lowest BCUT2D eigenvalue weighted by Gasteiger charge is -2.44. The van der Waals surface area contributed by atoms with E-state index in [1.54, 1.807) is 19.1 Å². The number of anilines is 2. The van der Waals surface area contributed by atoms with Crippen LogP contribution in [0.2, 0.25) is 0 Å². The molecule has 5 aliphatic rings. The second-order valence-corrected chi connectivity index (χ2v) is 15.7. The summed E-state index contributed by atoms with van der Waals surface area (Å²) in [6.45, 7) is 6.94. The van der Waals surface area contributed by atoms with E-state index in [0.29, 0.717) is 66.6 Å². The number of phenolic OH excluding ortho intramolecular Hbond substituents is 1. The number of hydrogen-bond donors (Lipinski definition) is 4. The van der Waals surface area contributed by atoms with Gasteiger partial charge in [-0.1, -0.05) is 6.42 Å². The molecule has 0 amide bonds. The smallest absolute Gasteiger partial charge is 0.341 e. The standard InChI is InChI=1S/C41H42N6O7/c1-21-12-29(48)36-30(51-21)17-31-35(37(36)49)26-6-4-5-10-41(39(50)52-38(26)40(2,3)53-31)32(54-41)8-7-22-13-27(46-33(42)14-22)24-15-25(45-34(43)16-24)19-47-18-23-9-11-44-28(23)20-47/h9,11-17,20,26,32,38,49H,4-8,10,18-19H2,1-3H3,(H2,42,46)(H2,43,45)/p+1/t26-,32-,38-,41+/m1/s1. The first-order valence-electron chi connectivity index (χ1n) is 18.6. The maximum Gasteiger partial charge on any atom is 0.341 e. The monoisotopic (exact) mass is 731 g/mol. The second-order valence-electron chi connectivity index (χ2n) is 15.7. The van der Waals surface area contributed by atoms with E-state index in [2.05, 4.69) is 21.2 Å². The van der Waals surface area contributed by atoms with Gasteiger partial charge in [-0.2, -0.15) is 0 Å². The van der Waals surface area contributed by atoms with Gasteiger partial charge in [0.25, 0.3) is 0 Å². The van der Waals surface area contributed by atoms with Crippen molar-refractivity contribution in [1.82, 2.24) is 9.97 Å². The van der Waals surface area contributed by atoms with Crippen LogP contribution in [0, 0.1) is 6.92 Å². The number of aromatic hydroxyl groups is 1. The van der Waals surface area contributed by atoms with Gasteiger partial charge in [0.15, 0.2) is 11.0 Å². The molecule has 3 aromatic heterocycles. The summed E-state index contributed by atoms with van der Waals surface area (Å²) < 4.78 is 24.8. The van der Waals surface area contributed by atoms with Gasteiger partial charge in [-0.25, -0.2) is 14.8 Å². The molecule has 6 N–H and O–H groups in total. The lowest BCUT2D eigenvalue weighted by atomic mass is 9.77. The van der Waals surface area contributed by atoms with E-state index in [1.165, 1.54) is 16.5 Å². The predicted molar refractivity (Wildman–Crippen MR) is 201 cm³/mol. The van der Waals surface area contributed by atoms with Gasteiger partial charge in [0.2, 0.25) is 0 Å². The first-order valence-corrected chi connectivity index (χ1v) is 18.6. The Kier molecular flexibility index (Phi) is 7.94. The number of nitrogen functional groups attached to an aromatic ring is 2. The number of aromatic nitrogens is 2. The third-order valence-corrected chi connectivity index (χ3v) is 11.4. The maximum atomic E-state index is 14.1. The molecular formula is C41H43N6O7+. The topological polar surface area (TPSA) is 193 Å². The number of quaternary nitrogens is 1. The summed E-state index contributed by atoms with van der Waals surface area (Å²) in [6, 6.07) is 10.7. The number of rotatable bonds is 6. The maximum absolute atomic E-state index is 14.1. The molecule has 1 spiro atoms. The second kappa shape index (κ2) is 12.5. The Bertz CT molecular complexity index is 2400. The zero-order chi connectivity index (χ0) is 37.5. The van der Waals surface area contributed by atoms with E-state index in [-0.39, 0.29) is 28.3 Å². The number of benzene rings is 1. The summed E-state index contributed by atoms with van der Waals surface area (Å²) in [7, 11) is 0. The molecule has 13 heteroatoms. The number of carbonyl (C=O) groups excluding carboxylic acids is 1. The fourth-order valence-corrected chi connectivity index (χ4v) is 8.88. The summed E-state index contributed by atoms with van der Waals surface area (Å²) >= 11 is 0. The highest BCUT2D eigenvalue weighted by atomic mass is 16.7. The summed E-state index contributed by atoms with van der Waals surface area (Å²) in [5.74, 6) is 0.635. The Morgan fingerprint density at radius 2 is 1.87 bits per heavy atom. The minimum atomic E-state index is -1.07. The third-order valence-electron chi connectivity index (χ3n) is 11.4. The van der Waals surface area contributed by atoms with Crippen molar-refractivity contribution in [3.8, 4) is 22.8 Å². The van der Waals surface area contributed by atoms with Crippen LogP contribution in [0.5, 0.6) is 11.5 Å². The molecule has 5 atom stereocenters. The van der Waals surface area contributed by atoms with Crippen LogP contribution < -0.4 is 26.5 Å². The lowest BCUT2D eigenvalue weighted by Crippen LogP contribution is -3.04. The number of nitrogens with two attached hydrogens (primary N) is 2. The molecule has 0 aliphatic carbocycles. The number of aliphatic imine (C=N–C) groups is 1. The number of nitrogens with one attached hydrogen (secondary N) is 1. The number of allylic oxidation sites excluding steroid dienone is 1. The molecule has 54 heavy (non-hydrogen) atoms. The average Bonchev–Trinajstić information content (AvgIpc) is 3.38. The van der Waals surface area contributed by atoms with Crippen LogP contribution in [0.4, 0.5) is 11.6 Å². The van der Waals surface area contributed by atoms with Crippen LogP contribution in [-0.4, -0.2) is 57.2 Å². The summed E-state index contributed by atoms with van der Waals surface area (Å²) in [6.07, 6.45) is 8.72. The van der Waals surface area contributed by atoms with Crippen LogP contribution in [-0.2, 0) is 27.2 Å². The number of nitrogens with zero attached hydrogens (tertiary/aromatic N) is 3. The highest BCUT2D eigenvalue weighted by Gasteiger charge is 2.64. The molecule has 1 aromatic carbocycles. The number of hydrogen-bond acceptors (Lipinski definition) is 12. The van der Waals surface area contributed by atoms with Crippen molar-refractivity contribution in [3.05, 3.63) is 92.7 Å². The predicted octanol–water partition coefficient (Wildman–Crippen LogP) is 4.19. The molecule has 9 rings (SSSR count). The molecule has 0 radical (unpaired) electrons. The number of fused-ring (bicyclic) bond motifs is 5. The molecule has 1 unspecified atom stereocenters. The molecule has 2 fully saturated rings. The van der Waals surface area contributed by atoms with Gasteiger partial charge in [0, 0.05) is 41.0 Å². The number of carbonyl (C=O) groups is 1. The van der Waals surface area contributed by atoms with E-state index in [9.17, 15) is 14.7 Å². The minimum absolute atomic E-state index is 0.0962. The number of pyridine rings is 2. The fraction of sp³-hybridized carbons (Fsp3) is 0.390. The van der Waals surface area contributed by atoms with Crippen molar-refractivity contribution >= 4 is 34.8 Å². The highest BCUT2D eigenvalue weighted by Crippen LogP contribution is 2.53. The first kappa shape index (κ1) is 34.3. The van der Waals surface area contributed by atoms with Gasteiger partial charge in [0.1, 0.15) is 76.6 Å². The van der Waals surface area contributed by atoms with E-state index >= 15 is 0 Å². The van der Waals surface area contributed by atoms with Gasteiger partial charge in [0.05, 0.1) is 17.5 Å². The van der Waals surface area contributed by atoms with Crippen molar-refractivity contribution in [3.63, 3.8) is 0 Å². The molecule has 0 bridgehead atoms. The van der Waals surface area contributed by atoms with Crippen molar-refractivity contribution < 1.29 is 33.4 Å². The Morgan fingerprint density at radius 1 is 1.04 bits per heavy atom.